The molecule has 4 heteroatoms. The summed E-state index contributed by atoms with van der Waals surface area (Å²) in [7, 11) is 0. The molecule has 0 atom stereocenters. The second-order valence-electron chi connectivity index (χ2n) is 4.52. The van der Waals surface area contributed by atoms with Crippen LogP contribution in [0.25, 0.3) is 0 Å². The first-order chi connectivity index (χ1) is 8.81. The first kappa shape index (κ1) is 12.4. The van der Waals surface area contributed by atoms with E-state index in [9.17, 15) is 0 Å². The summed E-state index contributed by atoms with van der Waals surface area (Å²) in [5.74, 6) is 0. The van der Waals surface area contributed by atoms with Gasteiger partial charge in [-0.3, -0.25) is 0 Å². The van der Waals surface area contributed by atoms with E-state index in [2.05, 4.69) is 56.9 Å². The summed E-state index contributed by atoms with van der Waals surface area (Å²) >= 11 is 5.27. The Morgan fingerprint density at radius 3 is 2.83 bits per heavy atom. The van der Waals surface area contributed by atoms with Gasteiger partial charge in [-0.15, -0.1) is 11.3 Å². The largest absolute Gasteiger partial charge is 0.309 e. The maximum absolute atomic E-state index is 3.49. The second-order valence-corrected chi connectivity index (χ2v) is 7.06. The molecule has 2 aromatic rings. The third-order valence-electron chi connectivity index (χ3n) is 3.16. The summed E-state index contributed by atoms with van der Waals surface area (Å²) in [6, 6.07) is 11.0. The predicted molar refractivity (Wildman–Crippen MR) is 79.5 cm³/mol. The zero-order valence-electron chi connectivity index (χ0n) is 10.0. The normalized spacial score (nSPS) is 13.8. The van der Waals surface area contributed by atoms with E-state index in [1.807, 2.05) is 0 Å². The summed E-state index contributed by atoms with van der Waals surface area (Å²) in [5.41, 5.74) is 4.27. The summed E-state index contributed by atoms with van der Waals surface area (Å²) in [6.45, 7) is 3.90. The molecule has 0 spiro atoms. The van der Waals surface area contributed by atoms with Gasteiger partial charge in [0.2, 0.25) is 0 Å². The van der Waals surface area contributed by atoms with E-state index < -0.39 is 0 Å². The van der Waals surface area contributed by atoms with Gasteiger partial charge in [0, 0.05) is 31.1 Å². The van der Waals surface area contributed by atoms with Gasteiger partial charge in [0.1, 0.15) is 0 Å². The zero-order chi connectivity index (χ0) is 12.4. The van der Waals surface area contributed by atoms with Crippen LogP contribution in [0.2, 0.25) is 0 Å². The van der Waals surface area contributed by atoms with Gasteiger partial charge in [-0.25, -0.2) is 0 Å². The number of thiophene rings is 1. The number of halogens is 1. The first-order valence-electron chi connectivity index (χ1n) is 6.07. The van der Waals surface area contributed by atoms with Gasteiger partial charge in [-0.1, -0.05) is 18.2 Å². The van der Waals surface area contributed by atoms with Crippen molar-refractivity contribution in [2.24, 2.45) is 0 Å². The Kier molecular flexibility index (Phi) is 3.80. The summed E-state index contributed by atoms with van der Waals surface area (Å²) in [5, 5.41) is 6.87. The molecule has 0 unspecified atom stereocenters. The van der Waals surface area contributed by atoms with Crippen LogP contribution in [0, 0.1) is 0 Å². The van der Waals surface area contributed by atoms with E-state index in [0.717, 1.165) is 26.2 Å². The molecular formula is C14H15BrN2S. The number of nitrogens with one attached hydrogen (secondary N) is 2. The fraction of sp³-hybridized carbons (Fsp3) is 0.286. The molecule has 0 bridgehead atoms. The molecule has 0 radical (unpaired) electrons. The van der Waals surface area contributed by atoms with Crippen molar-refractivity contribution in [2.45, 2.75) is 26.2 Å². The van der Waals surface area contributed by atoms with Gasteiger partial charge in [0.15, 0.2) is 0 Å². The smallest absolute Gasteiger partial charge is 0.0701 e. The van der Waals surface area contributed by atoms with Crippen LogP contribution in [0.15, 0.2) is 34.1 Å². The Labute approximate surface area is 120 Å². The number of rotatable bonds is 4. The molecule has 94 valence electrons. The van der Waals surface area contributed by atoms with Crippen molar-refractivity contribution in [3.63, 3.8) is 0 Å². The first-order valence-corrected chi connectivity index (χ1v) is 7.68. The monoisotopic (exact) mass is 322 g/mol. The Morgan fingerprint density at radius 1 is 1.11 bits per heavy atom. The fourth-order valence-corrected chi connectivity index (χ4v) is 3.69. The van der Waals surface area contributed by atoms with Crippen molar-refractivity contribution in [2.75, 3.05) is 0 Å². The second kappa shape index (κ2) is 5.53. The number of fused-ring (bicyclic) bond motifs is 1. The number of hydrogen-bond donors (Lipinski definition) is 2. The van der Waals surface area contributed by atoms with Crippen molar-refractivity contribution in [3.8, 4) is 0 Å². The van der Waals surface area contributed by atoms with Crippen molar-refractivity contribution in [1.82, 2.24) is 10.6 Å². The molecule has 0 amide bonds. The summed E-state index contributed by atoms with van der Waals surface area (Å²) < 4.78 is 1.20. The van der Waals surface area contributed by atoms with Gasteiger partial charge >= 0.3 is 0 Å². The van der Waals surface area contributed by atoms with Crippen LogP contribution in [0.5, 0.6) is 0 Å². The lowest BCUT2D eigenvalue weighted by Crippen LogP contribution is -2.11. The highest BCUT2D eigenvalue weighted by Gasteiger charge is 2.09. The molecule has 0 aliphatic carbocycles. The zero-order valence-corrected chi connectivity index (χ0v) is 12.4. The van der Waals surface area contributed by atoms with Crippen LogP contribution in [0.1, 0.15) is 21.6 Å². The standard InChI is InChI=1S/C14H15BrN2S/c15-14-4-3-13(18-14)9-16-6-10-1-2-11-7-17-8-12(11)5-10/h1-5,16-17H,6-9H2. The molecule has 2 N–H and O–H groups in total. The van der Waals surface area contributed by atoms with Gasteiger partial charge in [0.05, 0.1) is 3.79 Å². The molecule has 0 saturated heterocycles. The average Bonchev–Trinajstić information content (AvgIpc) is 2.97. The van der Waals surface area contributed by atoms with Crippen molar-refractivity contribution in [1.29, 1.82) is 0 Å². The molecule has 3 rings (SSSR count). The third-order valence-corrected chi connectivity index (χ3v) is 4.78. The van der Waals surface area contributed by atoms with E-state index in [1.165, 1.54) is 25.4 Å². The van der Waals surface area contributed by atoms with Crippen molar-refractivity contribution < 1.29 is 0 Å². The summed E-state index contributed by atoms with van der Waals surface area (Å²) in [6.07, 6.45) is 0. The van der Waals surface area contributed by atoms with E-state index in [-0.39, 0.29) is 0 Å². The van der Waals surface area contributed by atoms with E-state index in [4.69, 9.17) is 0 Å². The Hall–Kier alpha value is -0.680. The van der Waals surface area contributed by atoms with Gasteiger partial charge < -0.3 is 10.6 Å². The summed E-state index contributed by atoms with van der Waals surface area (Å²) in [4.78, 5) is 1.37. The lowest BCUT2D eigenvalue weighted by Gasteiger charge is -2.05. The fourth-order valence-electron chi connectivity index (χ4n) is 2.23. The quantitative estimate of drug-likeness (QED) is 0.901. The average molecular weight is 323 g/mol. The van der Waals surface area contributed by atoms with Crippen LogP contribution >= 0.6 is 27.3 Å². The third kappa shape index (κ3) is 2.83. The number of benzene rings is 1. The van der Waals surface area contributed by atoms with Crippen molar-refractivity contribution >= 4 is 27.3 Å². The van der Waals surface area contributed by atoms with E-state index >= 15 is 0 Å². The topological polar surface area (TPSA) is 24.1 Å². The maximum atomic E-state index is 3.49. The molecule has 2 nitrogen and oxygen atoms in total. The highest BCUT2D eigenvalue weighted by Crippen LogP contribution is 2.22. The van der Waals surface area contributed by atoms with Crippen LogP contribution in [-0.2, 0) is 26.2 Å². The molecule has 0 saturated carbocycles. The van der Waals surface area contributed by atoms with Crippen LogP contribution in [-0.4, -0.2) is 0 Å². The maximum Gasteiger partial charge on any atom is 0.0701 e. The minimum absolute atomic E-state index is 0.933. The lowest BCUT2D eigenvalue weighted by atomic mass is 10.1. The van der Waals surface area contributed by atoms with Crippen LogP contribution < -0.4 is 10.6 Å². The number of hydrogen-bond acceptors (Lipinski definition) is 3. The van der Waals surface area contributed by atoms with Gasteiger partial charge in [0.25, 0.3) is 0 Å². The minimum atomic E-state index is 0.933. The Morgan fingerprint density at radius 2 is 2.00 bits per heavy atom. The van der Waals surface area contributed by atoms with E-state index in [0.29, 0.717) is 0 Å². The van der Waals surface area contributed by atoms with Gasteiger partial charge in [-0.2, -0.15) is 0 Å². The molecule has 1 aromatic heterocycles. The predicted octanol–water partition coefficient (Wildman–Crippen LogP) is 3.40. The lowest BCUT2D eigenvalue weighted by molar-refractivity contribution is 0.700. The molecule has 1 aromatic carbocycles. The molecule has 1 aliphatic heterocycles. The minimum Gasteiger partial charge on any atom is -0.309 e. The molecule has 1 aliphatic rings. The molecular weight excluding hydrogens is 308 g/mol. The van der Waals surface area contributed by atoms with Crippen LogP contribution in [0.3, 0.4) is 0 Å². The Balaban J connectivity index is 1.57. The molecule has 0 fully saturated rings. The van der Waals surface area contributed by atoms with Crippen LogP contribution in [0.4, 0.5) is 0 Å². The van der Waals surface area contributed by atoms with Crippen molar-refractivity contribution in [3.05, 3.63) is 55.7 Å². The van der Waals surface area contributed by atoms with Gasteiger partial charge in [-0.05, 0) is 44.8 Å². The molecule has 18 heavy (non-hydrogen) atoms. The van der Waals surface area contributed by atoms with E-state index in [1.54, 1.807) is 11.3 Å². The highest BCUT2D eigenvalue weighted by atomic mass is 79.9. The highest BCUT2D eigenvalue weighted by molar-refractivity contribution is 9.11. The molecule has 2 heterocycles. The SMILES string of the molecule is Brc1ccc(CNCc2ccc3c(c2)CNC3)s1. The Bertz CT molecular complexity index is 550.